The van der Waals surface area contributed by atoms with Gasteiger partial charge in [-0.15, -0.1) is 0 Å². The highest BCUT2D eigenvalue weighted by Gasteiger charge is 2.22. The van der Waals surface area contributed by atoms with Crippen molar-refractivity contribution in [3.8, 4) is 0 Å². The Hall–Kier alpha value is -1.95. The Labute approximate surface area is 163 Å². The first kappa shape index (κ1) is 18.8. The molecule has 1 aromatic carbocycles. The molecular weight excluding hydrogens is 392 g/mol. The summed E-state index contributed by atoms with van der Waals surface area (Å²) >= 11 is 3.42. The predicted molar refractivity (Wildman–Crippen MR) is 107 cm³/mol. The third kappa shape index (κ3) is 4.61. The second kappa shape index (κ2) is 8.16. The zero-order valence-electron chi connectivity index (χ0n) is 15.6. The average Bonchev–Trinajstić information content (AvgIpc) is 2.63. The maximum atomic E-state index is 12.6. The molecule has 5 nitrogen and oxygen atoms in total. The minimum Gasteiger partial charge on any atom is -0.353 e. The number of nitrogens with zero attached hydrogens (tertiary/aromatic N) is 4. The summed E-state index contributed by atoms with van der Waals surface area (Å²) in [7, 11) is 0. The number of halogens is 1. The first-order valence-corrected chi connectivity index (χ1v) is 9.84. The van der Waals surface area contributed by atoms with Crippen LogP contribution in [0.1, 0.15) is 36.8 Å². The van der Waals surface area contributed by atoms with Gasteiger partial charge < -0.3 is 9.80 Å². The van der Waals surface area contributed by atoms with E-state index in [0.717, 1.165) is 53.6 Å². The Morgan fingerprint density at radius 1 is 1.12 bits per heavy atom. The smallest absolute Gasteiger partial charge is 0.227 e. The van der Waals surface area contributed by atoms with Crippen molar-refractivity contribution in [3.63, 3.8) is 0 Å². The molecule has 1 fully saturated rings. The van der Waals surface area contributed by atoms with Crippen molar-refractivity contribution >= 4 is 27.7 Å². The van der Waals surface area contributed by atoms with E-state index in [4.69, 9.17) is 4.98 Å². The van der Waals surface area contributed by atoms with Crippen LogP contribution in [0.25, 0.3) is 0 Å². The molecule has 0 aliphatic carbocycles. The number of aryl methyl sites for hydroxylation is 1. The minimum absolute atomic E-state index is 0.189. The lowest BCUT2D eigenvalue weighted by Gasteiger charge is -2.35. The zero-order valence-corrected chi connectivity index (χ0v) is 17.2. The fraction of sp³-hybridized carbons (Fsp3) is 0.450. The van der Waals surface area contributed by atoms with Crippen molar-refractivity contribution < 1.29 is 4.79 Å². The highest BCUT2D eigenvalue weighted by atomic mass is 79.9. The maximum absolute atomic E-state index is 12.6. The van der Waals surface area contributed by atoms with Crippen LogP contribution in [0.2, 0.25) is 0 Å². The number of rotatable bonds is 4. The molecule has 6 heteroatoms. The van der Waals surface area contributed by atoms with Gasteiger partial charge in [-0.1, -0.05) is 41.9 Å². The van der Waals surface area contributed by atoms with Gasteiger partial charge in [0.25, 0.3) is 0 Å². The summed E-state index contributed by atoms with van der Waals surface area (Å²) in [6.07, 6.45) is 0.456. The normalized spacial score (nSPS) is 14.8. The quantitative estimate of drug-likeness (QED) is 0.764. The van der Waals surface area contributed by atoms with E-state index in [1.165, 1.54) is 0 Å². The van der Waals surface area contributed by atoms with Gasteiger partial charge in [-0.2, -0.15) is 0 Å². The molecule has 1 aliphatic heterocycles. The van der Waals surface area contributed by atoms with Crippen LogP contribution >= 0.6 is 15.9 Å². The summed E-state index contributed by atoms with van der Waals surface area (Å²) in [4.78, 5) is 26.0. The van der Waals surface area contributed by atoms with Crippen LogP contribution in [-0.4, -0.2) is 47.0 Å². The van der Waals surface area contributed by atoms with Crippen molar-refractivity contribution in [1.29, 1.82) is 0 Å². The monoisotopic (exact) mass is 416 g/mol. The van der Waals surface area contributed by atoms with Gasteiger partial charge in [0.05, 0.1) is 6.42 Å². The Balaban J connectivity index is 1.60. The molecule has 1 aliphatic rings. The summed E-state index contributed by atoms with van der Waals surface area (Å²) in [5, 5.41) is 0. The number of carbonyl (C=O) groups excluding carboxylic acids is 1. The second-order valence-electron chi connectivity index (χ2n) is 7.05. The molecule has 138 valence electrons. The zero-order chi connectivity index (χ0) is 18.7. The molecule has 2 heterocycles. The molecule has 0 atom stereocenters. The van der Waals surface area contributed by atoms with Crippen molar-refractivity contribution in [2.75, 3.05) is 31.1 Å². The third-order valence-electron chi connectivity index (χ3n) is 4.60. The van der Waals surface area contributed by atoms with E-state index in [1.807, 2.05) is 42.2 Å². The van der Waals surface area contributed by atoms with Crippen LogP contribution in [0.3, 0.4) is 0 Å². The van der Waals surface area contributed by atoms with E-state index >= 15 is 0 Å². The first-order chi connectivity index (χ1) is 12.4. The van der Waals surface area contributed by atoms with E-state index in [-0.39, 0.29) is 5.91 Å². The molecule has 1 aromatic heterocycles. The molecule has 0 spiro atoms. The highest BCUT2D eigenvalue weighted by Crippen LogP contribution is 2.19. The molecule has 2 aromatic rings. The fourth-order valence-electron chi connectivity index (χ4n) is 3.07. The fourth-order valence-corrected chi connectivity index (χ4v) is 3.33. The SMILES string of the molecule is Cc1cc(N2CCN(C(=O)Cc3ccc(Br)cc3)CC2)nc(C(C)C)n1. The van der Waals surface area contributed by atoms with E-state index in [0.29, 0.717) is 12.3 Å². The number of benzene rings is 1. The van der Waals surface area contributed by atoms with Crippen LogP contribution in [-0.2, 0) is 11.2 Å². The van der Waals surface area contributed by atoms with E-state index in [1.54, 1.807) is 0 Å². The second-order valence-corrected chi connectivity index (χ2v) is 7.97. The number of amides is 1. The Morgan fingerprint density at radius 3 is 2.38 bits per heavy atom. The lowest BCUT2D eigenvalue weighted by Crippen LogP contribution is -2.49. The molecule has 3 rings (SSSR count). The minimum atomic E-state index is 0.189. The van der Waals surface area contributed by atoms with Gasteiger partial charge in [0, 0.05) is 48.3 Å². The lowest BCUT2D eigenvalue weighted by molar-refractivity contribution is -0.130. The lowest BCUT2D eigenvalue weighted by atomic mass is 10.1. The summed E-state index contributed by atoms with van der Waals surface area (Å²) in [5.41, 5.74) is 2.04. The number of hydrogen-bond acceptors (Lipinski definition) is 4. The molecule has 1 amide bonds. The summed E-state index contributed by atoms with van der Waals surface area (Å²) < 4.78 is 1.03. The van der Waals surface area contributed by atoms with Crippen LogP contribution in [0, 0.1) is 6.92 Å². The van der Waals surface area contributed by atoms with Crippen LogP contribution in [0.15, 0.2) is 34.8 Å². The van der Waals surface area contributed by atoms with E-state index in [9.17, 15) is 4.79 Å². The number of anilines is 1. The van der Waals surface area contributed by atoms with E-state index < -0.39 is 0 Å². The third-order valence-corrected chi connectivity index (χ3v) is 5.13. The van der Waals surface area contributed by atoms with Crippen LogP contribution < -0.4 is 4.90 Å². The summed E-state index contributed by atoms with van der Waals surface area (Å²) in [6, 6.07) is 9.98. The molecular formula is C20H25BrN4O. The molecule has 0 bridgehead atoms. The van der Waals surface area contributed by atoms with Gasteiger partial charge in [-0.05, 0) is 24.6 Å². The average molecular weight is 417 g/mol. The maximum Gasteiger partial charge on any atom is 0.227 e. The summed E-state index contributed by atoms with van der Waals surface area (Å²) in [5.74, 6) is 2.35. The molecule has 1 saturated heterocycles. The van der Waals surface area contributed by atoms with Crippen molar-refractivity contribution in [2.45, 2.75) is 33.1 Å². The first-order valence-electron chi connectivity index (χ1n) is 9.05. The molecule has 26 heavy (non-hydrogen) atoms. The van der Waals surface area contributed by atoms with Gasteiger partial charge in [-0.25, -0.2) is 9.97 Å². The standard InChI is InChI=1S/C20H25BrN4O/c1-14(2)20-22-15(3)12-18(23-20)24-8-10-25(11-9-24)19(26)13-16-4-6-17(21)7-5-16/h4-7,12,14H,8-11,13H2,1-3H3. The topological polar surface area (TPSA) is 49.3 Å². The van der Waals surface area contributed by atoms with Gasteiger partial charge in [0.15, 0.2) is 0 Å². The number of carbonyl (C=O) groups is 1. The molecule has 0 unspecified atom stereocenters. The van der Waals surface area contributed by atoms with E-state index in [2.05, 4.69) is 39.7 Å². The largest absolute Gasteiger partial charge is 0.353 e. The van der Waals surface area contributed by atoms with Crippen LogP contribution in [0.5, 0.6) is 0 Å². The van der Waals surface area contributed by atoms with Crippen molar-refractivity contribution in [3.05, 3.63) is 51.9 Å². The molecule has 0 N–H and O–H groups in total. The highest BCUT2D eigenvalue weighted by molar-refractivity contribution is 9.10. The summed E-state index contributed by atoms with van der Waals surface area (Å²) in [6.45, 7) is 9.30. The van der Waals surface area contributed by atoms with Gasteiger partial charge in [0.1, 0.15) is 11.6 Å². The van der Waals surface area contributed by atoms with Crippen molar-refractivity contribution in [1.82, 2.24) is 14.9 Å². The Kier molecular flexibility index (Phi) is 5.91. The van der Waals surface area contributed by atoms with Gasteiger partial charge in [-0.3, -0.25) is 4.79 Å². The number of aromatic nitrogens is 2. The van der Waals surface area contributed by atoms with Gasteiger partial charge in [0.2, 0.25) is 5.91 Å². The molecule has 0 radical (unpaired) electrons. The van der Waals surface area contributed by atoms with Crippen LogP contribution in [0.4, 0.5) is 5.82 Å². The van der Waals surface area contributed by atoms with Crippen molar-refractivity contribution in [2.24, 2.45) is 0 Å². The number of hydrogen-bond donors (Lipinski definition) is 0. The Morgan fingerprint density at radius 2 is 1.77 bits per heavy atom. The predicted octanol–water partition coefficient (Wildman–Crippen LogP) is 3.56. The number of piperazine rings is 1. The molecule has 0 saturated carbocycles. The van der Waals surface area contributed by atoms with Gasteiger partial charge >= 0.3 is 0 Å². The Bertz CT molecular complexity index is 768.